The smallest absolute Gasteiger partial charge is 0.178 e. The first-order valence-corrected chi connectivity index (χ1v) is 7.03. The molecule has 0 bridgehead atoms. The first kappa shape index (κ1) is 15.0. The number of fused-ring (bicyclic) bond motifs is 1. The summed E-state index contributed by atoms with van der Waals surface area (Å²) in [5, 5.41) is 0. The Morgan fingerprint density at radius 1 is 1.25 bits per heavy atom. The van der Waals surface area contributed by atoms with E-state index in [1.165, 1.54) is 13.2 Å². The zero-order valence-corrected chi connectivity index (χ0v) is 12.6. The molecule has 0 atom stereocenters. The number of nitrogens with zero attached hydrogens (tertiary/aromatic N) is 1. The normalized spacial score (nSPS) is 11.2. The van der Waals surface area contributed by atoms with Gasteiger partial charge in [0.1, 0.15) is 0 Å². The Morgan fingerprint density at radius 2 is 2.05 bits per heavy atom. The van der Waals surface area contributed by atoms with Crippen molar-refractivity contribution >= 4 is 23.3 Å². The van der Waals surface area contributed by atoms with Crippen molar-refractivity contribution in [3.8, 4) is 5.75 Å². The second-order valence-electron chi connectivity index (χ2n) is 4.64. The summed E-state index contributed by atoms with van der Waals surface area (Å²) in [5.74, 6) is -0.150. The molecule has 20 heavy (non-hydrogen) atoms. The predicted octanol–water partition coefficient (Wildman–Crippen LogP) is 3.66. The van der Waals surface area contributed by atoms with Gasteiger partial charge in [-0.2, -0.15) is 0 Å². The number of rotatable bonds is 7. The van der Waals surface area contributed by atoms with Crippen LogP contribution in [0.2, 0.25) is 0 Å². The summed E-state index contributed by atoms with van der Waals surface area (Å²) in [6.45, 7) is 1.58. The number of unbranched alkanes of at least 4 members (excludes halogenated alkanes) is 2. The third kappa shape index (κ3) is 3.19. The molecule has 2 rings (SSSR count). The number of benzene rings is 1. The van der Waals surface area contributed by atoms with E-state index in [2.05, 4.69) is 4.98 Å². The van der Waals surface area contributed by atoms with Gasteiger partial charge in [-0.1, -0.05) is 0 Å². The summed E-state index contributed by atoms with van der Waals surface area (Å²) in [6, 6.07) is 3.11. The predicted molar refractivity (Wildman–Crippen MR) is 79.4 cm³/mol. The highest BCUT2D eigenvalue weighted by Crippen LogP contribution is 2.24. The van der Waals surface area contributed by atoms with Crippen LogP contribution in [-0.4, -0.2) is 30.4 Å². The summed E-state index contributed by atoms with van der Waals surface area (Å²) in [7, 11) is 3.16. The number of halogens is 1. The van der Waals surface area contributed by atoms with Crippen LogP contribution in [0.5, 0.6) is 5.75 Å². The minimum atomic E-state index is -0.386. The van der Waals surface area contributed by atoms with Crippen molar-refractivity contribution in [1.29, 1.82) is 0 Å². The lowest BCUT2D eigenvalue weighted by Gasteiger charge is -2.06. The number of H-pyrrole nitrogens is 1. The molecule has 1 N–H and O–H groups in total. The van der Waals surface area contributed by atoms with E-state index in [9.17, 15) is 4.39 Å². The lowest BCUT2D eigenvalue weighted by molar-refractivity contribution is 0.191. The summed E-state index contributed by atoms with van der Waals surface area (Å²) in [4.78, 5) is 3.03. The van der Waals surface area contributed by atoms with Crippen LogP contribution in [0.4, 0.5) is 4.39 Å². The molecule has 0 saturated carbocycles. The van der Waals surface area contributed by atoms with Gasteiger partial charge in [0, 0.05) is 32.4 Å². The topological polar surface area (TPSA) is 39.2 Å². The van der Waals surface area contributed by atoms with Crippen LogP contribution < -0.4 is 4.74 Å². The molecule has 0 aliphatic carbocycles. The molecular weight excluding hydrogens is 279 g/mol. The molecule has 1 aromatic carbocycles. The number of hydrogen-bond acceptors (Lipinski definition) is 3. The number of aromatic amines is 1. The summed E-state index contributed by atoms with van der Waals surface area (Å²) in [5.41, 5.74) is 1.57. The molecular formula is C14H19FN2O2S. The molecule has 110 valence electrons. The average Bonchev–Trinajstić information content (AvgIpc) is 2.72. The number of aryl methyl sites for hydroxylation is 1. The van der Waals surface area contributed by atoms with E-state index in [1.807, 2.05) is 4.57 Å². The van der Waals surface area contributed by atoms with Crippen molar-refractivity contribution < 1.29 is 13.9 Å². The number of hydrogen-bond donors (Lipinski definition) is 1. The van der Waals surface area contributed by atoms with Crippen LogP contribution in [0.15, 0.2) is 12.1 Å². The van der Waals surface area contributed by atoms with Crippen molar-refractivity contribution in [3.63, 3.8) is 0 Å². The Bertz CT molecular complexity index is 636. The lowest BCUT2D eigenvalue weighted by atomic mass is 10.2. The number of aromatic nitrogens is 2. The van der Waals surface area contributed by atoms with Crippen LogP contribution in [-0.2, 0) is 11.3 Å². The molecule has 0 aliphatic rings. The highest BCUT2D eigenvalue weighted by Gasteiger charge is 2.10. The van der Waals surface area contributed by atoms with Gasteiger partial charge in [0.15, 0.2) is 16.3 Å². The highest BCUT2D eigenvalue weighted by molar-refractivity contribution is 7.71. The lowest BCUT2D eigenvalue weighted by Crippen LogP contribution is -1.99. The average molecular weight is 298 g/mol. The largest absolute Gasteiger partial charge is 0.494 e. The quantitative estimate of drug-likeness (QED) is 0.626. The van der Waals surface area contributed by atoms with Gasteiger partial charge in [-0.05, 0) is 31.5 Å². The number of methoxy groups -OCH3 is 2. The summed E-state index contributed by atoms with van der Waals surface area (Å²) >= 11 is 5.30. The molecule has 0 saturated heterocycles. The van der Waals surface area contributed by atoms with Gasteiger partial charge in [-0.15, -0.1) is 0 Å². The van der Waals surface area contributed by atoms with Crippen molar-refractivity contribution in [2.24, 2.45) is 0 Å². The monoisotopic (exact) mass is 298 g/mol. The Morgan fingerprint density at radius 3 is 2.75 bits per heavy atom. The third-order valence-corrected chi connectivity index (χ3v) is 3.60. The Labute approximate surface area is 122 Å². The van der Waals surface area contributed by atoms with Gasteiger partial charge in [-0.25, -0.2) is 4.39 Å². The van der Waals surface area contributed by atoms with Crippen LogP contribution in [0, 0.1) is 10.6 Å². The van der Waals surface area contributed by atoms with Gasteiger partial charge < -0.3 is 19.0 Å². The van der Waals surface area contributed by atoms with Crippen LogP contribution in [0.3, 0.4) is 0 Å². The maximum atomic E-state index is 13.7. The van der Waals surface area contributed by atoms with Gasteiger partial charge in [0.05, 0.1) is 18.1 Å². The van der Waals surface area contributed by atoms with Crippen molar-refractivity contribution in [3.05, 3.63) is 22.7 Å². The third-order valence-electron chi connectivity index (χ3n) is 3.28. The van der Waals surface area contributed by atoms with Crippen molar-refractivity contribution in [2.75, 3.05) is 20.8 Å². The van der Waals surface area contributed by atoms with E-state index >= 15 is 0 Å². The number of imidazole rings is 1. The second-order valence-corrected chi connectivity index (χ2v) is 5.03. The fourth-order valence-electron chi connectivity index (χ4n) is 2.23. The van der Waals surface area contributed by atoms with E-state index in [4.69, 9.17) is 21.7 Å². The molecule has 1 aromatic heterocycles. The molecule has 0 aliphatic heterocycles. The molecule has 4 nitrogen and oxygen atoms in total. The Balaban J connectivity index is 2.19. The van der Waals surface area contributed by atoms with E-state index in [0.717, 1.165) is 37.9 Å². The van der Waals surface area contributed by atoms with Crippen LogP contribution in [0.1, 0.15) is 19.3 Å². The van der Waals surface area contributed by atoms with E-state index in [-0.39, 0.29) is 11.6 Å². The van der Waals surface area contributed by atoms with Gasteiger partial charge in [0.2, 0.25) is 0 Å². The van der Waals surface area contributed by atoms with Gasteiger partial charge in [0.25, 0.3) is 0 Å². The maximum Gasteiger partial charge on any atom is 0.178 e. The Hall–Kier alpha value is -1.40. The number of ether oxygens (including phenoxy) is 2. The zero-order chi connectivity index (χ0) is 14.5. The van der Waals surface area contributed by atoms with E-state index < -0.39 is 0 Å². The fraction of sp³-hybridized carbons (Fsp3) is 0.500. The molecule has 1 heterocycles. The molecule has 2 aromatic rings. The SMILES string of the molecule is COCCCCCn1c(=S)[nH]c2cc(F)c(OC)cc21. The molecule has 0 radical (unpaired) electrons. The second kappa shape index (κ2) is 6.85. The van der Waals surface area contributed by atoms with Crippen molar-refractivity contribution in [2.45, 2.75) is 25.8 Å². The Kier molecular flexibility index (Phi) is 5.14. The molecule has 0 amide bonds. The van der Waals surface area contributed by atoms with Crippen LogP contribution >= 0.6 is 12.2 Å². The van der Waals surface area contributed by atoms with Crippen molar-refractivity contribution in [1.82, 2.24) is 9.55 Å². The first-order chi connectivity index (χ1) is 9.67. The van der Waals surface area contributed by atoms with Gasteiger partial charge in [-0.3, -0.25) is 0 Å². The minimum absolute atomic E-state index is 0.236. The molecule has 0 unspecified atom stereocenters. The van der Waals surface area contributed by atoms with Gasteiger partial charge >= 0.3 is 0 Å². The summed E-state index contributed by atoms with van der Waals surface area (Å²) in [6.07, 6.45) is 3.11. The highest BCUT2D eigenvalue weighted by atomic mass is 32.1. The minimum Gasteiger partial charge on any atom is -0.494 e. The maximum absolute atomic E-state index is 13.7. The summed E-state index contributed by atoms with van der Waals surface area (Å²) < 4.78 is 26.3. The molecule has 0 spiro atoms. The molecule has 6 heteroatoms. The van der Waals surface area contributed by atoms with E-state index in [1.54, 1.807) is 13.2 Å². The van der Waals surface area contributed by atoms with Crippen LogP contribution in [0.25, 0.3) is 11.0 Å². The fourth-order valence-corrected chi connectivity index (χ4v) is 2.53. The molecule has 0 fully saturated rings. The van der Waals surface area contributed by atoms with E-state index in [0.29, 0.717) is 10.3 Å². The first-order valence-electron chi connectivity index (χ1n) is 6.62. The number of nitrogens with one attached hydrogen (secondary N) is 1. The zero-order valence-electron chi connectivity index (χ0n) is 11.7. The standard InChI is InChI=1S/C14H19FN2O2S/c1-18-7-5-3-4-6-17-12-9-13(19-2)10(15)8-11(12)16-14(17)20/h8-9H,3-7H2,1-2H3,(H,16,20).